The van der Waals surface area contributed by atoms with Crippen molar-refractivity contribution in [2.75, 3.05) is 6.26 Å². The SMILES string of the molecule is CSc1c(F)cccc1CCCC(=O)O. The van der Waals surface area contributed by atoms with Crippen LogP contribution in [0.3, 0.4) is 0 Å². The van der Waals surface area contributed by atoms with Crippen molar-refractivity contribution in [2.24, 2.45) is 0 Å². The summed E-state index contributed by atoms with van der Waals surface area (Å²) >= 11 is 1.36. The van der Waals surface area contributed by atoms with Gasteiger partial charge in [-0.05, 0) is 30.7 Å². The lowest BCUT2D eigenvalue weighted by Gasteiger charge is -2.07. The maximum absolute atomic E-state index is 13.3. The summed E-state index contributed by atoms with van der Waals surface area (Å²) in [7, 11) is 0. The van der Waals surface area contributed by atoms with Gasteiger partial charge in [0.25, 0.3) is 0 Å². The number of benzene rings is 1. The van der Waals surface area contributed by atoms with Crippen LogP contribution in [0, 0.1) is 5.82 Å². The van der Waals surface area contributed by atoms with Gasteiger partial charge in [-0.1, -0.05) is 12.1 Å². The molecule has 0 fully saturated rings. The summed E-state index contributed by atoms with van der Waals surface area (Å²) in [4.78, 5) is 11.0. The van der Waals surface area contributed by atoms with Gasteiger partial charge in [0, 0.05) is 11.3 Å². The van der Waals surface area contributed by atoms with E-state index in [1.165, 1.54) is 17.8 Å². The average Bonchev–Trinajstić information content (AvgIpc) is 2.17. The fourth-order valence-electron chi connectivity index (χ4n) is 1.41. The fraction of sp³-hybridized carbons (Fsp3) is 0.364. The third-order valence-corrected chi connectivity index (χ3v) is 2.95. The number of carbonyl (C=O) groups is 1. The summed E-state index contributed by atoms with van der Waals surface area (Å²) in [6.45, 7) is 0. The first kappa shape index (κ1) is 12.0. The third kappa shape index (κ3) is 3.55. The van der Waals surface area contributed by atoms with E-state index in [1.54, 1.807) is 6.07 Å². The van der Waals surface area contributed by atoms with Crippen molar-refractivity contribution in [3.63, 3.8) is 0 Å². The van der Waals surface area contributed by atoms with Gasteiger partial charge in [0.05, 0.1) is 0 Å². The largest absolute Gasteiger partial charge is 0.481 e. The average molecular weight is 228 g/mol. The molecule has 1 aromatic rings. The second kappa shape index (κ2) is 5.75. The van der Waals surface area contributed by atoms with Gasteiger partial charge in [-0.2, -0.15) is 0 Å². The predicted octanol–water partition coefficient (Wildman–Crippen LogP) is 2.95. The molecule has 0 aliphatic rings. The third-order valence-electron chi connectivity index (χ3n) is 2.09. The number of carboxylic acids is 1. The molecule has 0 aliphatic heterocycles. The van der Waals surface area contributed by atoms with Crippen LogP contribution in [0.25, 0.3) is 0 Å². The maximum atomic E-state index is 13.3. The van der Waals surface area contributed by atoms with Crippen LogP contribution in [0.15, 0.2) is 23.1 Å². The van der Waals surface area contributed by atoms with Crippen molar-refractivity contribution in [1.29, 1.82) is 0 Å². The van der Waals surface area contributed by atoms with E-state index in [9.17, 15) is 9.18 Å². The molecule has 1 N–H and O–H groups in total. The zero-order valence-corrected chi connectivity index (χ0v) is 9.31. The van der Waals surface area contributed by atoms with Gasteiger partial charge < -0.3 is 5.11 Å². The molecule has 82 valence electrons. The second-order valence-corrected chi connectivity index (χ2v) is 4.00. The van der Waals surface area contributed by atoms with Gasteiger partial charge in [-0.25, -0.2) is 4.39 Å². The van der Waals surface area contributed by atoms with E-state index in [1.807, 2.05) is 12.3 Å². The van der Waals surface area contributed by atoms with Crippen LogP contribution in [0.5, 0.6) is 0 Å². The van der Waals surface area contributed by atoms with E-state index in [0.29, 0.717) is 17.7 Å². The highest BCUT2D eigenvalue weighted by molar-refractivity contribution is 7.98. The Balaban J connectivity index is 2.67. The monoisotopic (exact) mass is 228 g/mol. The highest BCUT2D eigenvalue weighted by Gasteiger charge is 2.07. The molecule has 0 aromatic heterocycles. The van der Waals surface area contributed by atoms with E-state index in [0.717, 1.165) is 5.56 Å². The van der Waals surface area contributed by atoms with Crippen LogP contribution in [-0.4, -0.2) is 17.3 Å². The number of hydrogen-bond acceptors (Lipinski definition) is 2. The summed E-state index contributed by atoms with van der Waals surface area (Å²) in [5.41, 5.74) is 0.892. The number of rotatable bonds is 5. The minimum Gasteiger partial charge on any atom is -0.481 e. The Bertz CT molecular complexity index is 352. The lowest BCUT2D eigenvalue weighted by molar-refractivity contribution is -0.137. The van der Waals surface area contributed by atoms with Crippen molar-refractivity contribution >= 4 is 17.7 Å². The molecule has 0 bridgehead atoms. The molecule has 0 radical (unpaired) electrons. The van der Waals surface area contributed by atoms with Crippen LogP contribution in [0.2, 0.25) is 0 Å². The fourth-order valence-corrected chi connectivity index (χ4v) is 2.10. The zero-order chi connectivity index (χ0) is 11.3. The van der Waals surface area contributed by atoms with E-state index >= 15 is 0 Å². The second-order valence-electron chi connectivity index (χ2n) is 3.18. The summed E-state index contributed by atoms with van der Waals surface area (Å²) in [6.07, 6.45) is 3.11. The Morgan fingerprint density at radius 1 is 1.53 bits per heavy atom. The van der Waals surface area contributed by atoms with Crippen molar-refractivity contribution in [2.45, 2.75) is 24.2 Å². The molecule has 0 atom stereocenters. The van der Waals surface area contributed by atoms with Crippen LogP contribution in [0.1, 0.15) is 18.4 Å². The molecule has 0 heterocycles. The summed E-state index contributed by atoms with van der Waals surface area (Å²) in [5.74, 6) is -1.03. The van der Waals surface area contributed by atoms with Gasteiger partial charge in [0.2, 0.25) is 0 Å². The summed E-state index contributed by atoms with van der Waals surface area (Å²) in [5, 5.41) is 8.49. The molecular formula is C11H13FO2S. The van der Waals surface area contributed by atoms with Gasteiger partial charge in [0.1, 0.15) is 5.82 Å². The molecule has 0 amide bonds. The van der Waals surface area contributed by atoms with Gasteiger partial charge in [-0.15, -0.1) is 11.8 Å². The lowest BCUT2D eigenvalue weighted by atomic mass is 10.1. The lowest BCUT2D eigenvalue weighted by Crippen LogP contribution is -1.97. The van der Waals surface area contributed by atoms with E-state index in [-0.39, 0.29) is 12.2 Å². The van der Waals surface area contributed by atoms with Crippen LogP contribution in [-0.2, 0) is 11.2 Å². The molecule has 0 saturated heterocycles. The van der Waals surface area contributed by atoms with Gasteiger partial charge in [0.15, 0.2) is 0 Å². The minimum atomic E-state index is -0.808. The molecule has 0 aliphatic carbocycles. The number of hydrogen-bond donors (Lipinski definition) is 1. The van der Waals surface area contributed by atoms with E-state index in [4.69, 9.17) is 5.11 Å². The molecule has 1 aromatic carbocycles. The van der Waals surface area contributed by atoms with E-state index < -0.39 is 5.97 Å². The van der Waals surface area contributed by atoms with Crippen molar-refractivity contribution in [3.8, 4) is 0 Å². The Morgan fingerprint density at radius 3 is 2.87 bits per heavy atom. The van der Waals surface area contributed by atoms with Gasteiger partial charge in [-0.3, -0.25) is 4.79 Å². The first-order valence-electron chi connectivity index (χ1n) is 4.68. The van der Waals surface area contributed by atoms with Gasteiger partial charge >= 0.3 is 5.97 Å². The molecular weight excluding hydrogens is 215 g/mol. The number of thioether (sulfide) groups is 1. The highest BCUT2D eigenvalue weighted by Crippen LogP contribution is 2.25. The number of carboxylic acid groups (broad SMARTS) is 1. The Labute approximate surface area is 92.5 Å². The number of aryl methyl sites for hydroxylation is 1. The van der Waals surface area contributed by atoms with Crippen LogP contribution in [0.4, 0.5) is 4.39 Å². The van der Waals surface area contributed by atoms with Crippen LogP contribution < -0.4 is 0 Å². The van der Waals surface area contributed by atoms with Crippen molar-refractivity contribution in [3.05, 3.63) is 29.6 Å². The standard InChI is InChI=1S/C11H13FO2S/c1-15-11-8(4-2-6-9(11)12)5-3-7-10(13)14/h2,4,6H,3,5,7H2,1H3,(H,13,14). The van der Waals surface area contributed by atoms with Crippen molar-refractivity contribution in [1.82, 2.24) is 0 Å². The van der Waals surface area contributed by atoms with Crippen molar-refractivity contribution < 1.29 is 14.3 Å². The Kier molecular flexibility index (Phi) is 4.62. The Morgan fingerprint density at radius 2 is 2.27 bits per heavy atom. The summed E-state index contributed by atoms with van der Waals surface area (Å²) < 4.78 is 13.3. The molecule has 1 rings (SSSR count). The normalized spacial score (nSPS) is 10.3. The summed E-state index contributed by atoms with van der Waals surface area (Å²) in [6, 6.07) is 4.93. The molecule has 2 nitrogen and oxygen atoms in total. The highest BCUT2D eigenvalue weighted by atomic mass is 32.2. The smallest absolute Gasteiger partial charge is 0.303 e. The quantitative estimate of drug-likeness (QED) is 0.787. The maximum Gasteiger partial charge on any atom is 0.303 e. The first-order valence-corrected chi connectivity index (χ1v) is 5.90. The number of aliphatic carboxylic acids is 1. The number of halogens is 1. The predicted molar refractivity (Wildman–Crippen MR) is 58.8 cm³/mol. The van der Waals surface area contributed by atoms with Crippen LogP contribution >= 0.6 is 11.8 Å². The zero-order valence-electron chi connectivity index (χ0n) is 8.50. The molecule has 0 spiro atoms. The molecule has 0 saturated carbocycles. The molecule has 0 unspecified atom stereocenters. The Hall–Kier alpha value is -1.03. The first-order chi connectivity index (χ1) is 7.15. The minimum absolute atomic E-state index is 0.129. The molecule has 15 heavy (non-hydrogen) atoms. The van der Waals surface area contributed by atoms with E-state index in [2.05, 4.69) is 0 Å². The molecule has 4 heteroatoms. The topological polar surface area (TPSA) is 37.3 Å².